The van der Waals surface area contributed by atoms with E-state index in [0.29, 0.717) is 26.1 Å². The van der Waals surface area contributed by atoms with Gasteiger partial charge in [-0.25, -0.2) is 0 Å². The Labute approximate surface area is 363 Å². The number of carboxylic acid groups (broad SMARTS) is 1. The summed E-state index contributed by atoms with van der Waals surface area (Å²) in [5, 5.41) is 12.7. The van der Waals surface area contributed by atoms with Crippen LogP contribution in [0.4, 0.5) is 11.4 Å². The smallest absolute Gasteiger partial charge is 0.311 e. The standard InChI is InChI=1S/C48H48N4O5S3/c1-47(2,45(56)57)48(3,4)49-40(53)28-51-42(54)39(59-44(51)41-43(55)50(5)46(58)60-41)27-30-21-24-38-36(26-30)34-17-12-18-37(34)52(38)33-22-19-29(20-23-33)25-35(31-13-8-6-9-14-31)32-15-10-7-11-16-32/h6-11,13-16,19-27,34,37,46,58H,12,17-18,28H2,1-5H3,(H,49,53)(H,56,57)/b39-27+,44-41+. The lowest BCUT2D eigenvalue weighted by molar-refractivity contribution is -0.151. The van der Waals surface area contributed by atoms with E-state index in [-0.39, 0.29) is 12.5 Å². The molecule has 3 heterocycles. The summed E-state index contributed by atoms with van der Waals surface area (Å²) in [7, 11) is 1.65. The number of hydrogen-bond donors (Lipinski definition) is 3. The lowest BCUT2D eigenvalue weighted by Gasteiger charge is -2.38. The minimum Gasteiger partial charge on any atom is -0.481 e. The van der Waals surface area contributed by atoms with Crippen LogP contribution in [-0.4, -0.2) is 55.7 Å². The van der Waals surface area contributed by atoms with Crippen LogP contribution in [0.25, 0.3) is 22.6 Å². The van der Waals surface area contributed by atoms with Gasteiger partial charge >= 0.3 is 5.97 Å². The van der Waals surface area contributed by atoms with Crippen molar-refractivity contribution in [3.63, 3.8) is 0 Å². The Morgan fingerprint density at radius 3 is 2.12 bits per heavy atom. The van der Waals surface area contributed by atoms with Crippen molar-refractivity contribution in [3.8, 4) is 0 Å². The van der Waals surface area contributed by atoms with Gasteiger partial charge in [0, 0.05) is 30.4 Å². The molecule has 1 saturated carbocycles. The van der Waals surface area contributed by atoms with E-state index in [9.17, 15) is 24.3 Å². The first-order valence-electron chi connectivity index (χ1n) is 20.1. The normalized spacial score (nSPS) is 20.0. The molecule has 3 unspecified atom stereocenters. The molecule has 0 bridgehead atoms. The fraction of sp³-hybridized carbons (Fsp3) is 0.292. The monoisotopic (exact) mass is 856 g/mol. The van der Waals surface area contributed by atoms with Gasteiger partial charge in [0.2, 0.25) is 5.91 Å². The third-order valence-corrected chi connectivity index (χ3v) is 15.5. The Balaban J connectivity index is 1.13. The quantitative estimate of drug-likeness (QED) is 0.0979. The first-order chi connectivity index (χ1) is 28.6. The highest BCUT2D eigenvalue weighted by atomic mass is 32.2. The van der Waals surface area contributed by atoms with Crippen LogP contribution in [-0.2, 0) is 20.9 Å². The topological polar surface area (TPSA) is 112 Å². The van der Waals surface area contributed by atoms with E-state index < -0.39 is 33.1 Å². The number of thiazole rings is 1. The van der Waals surface area contributed by atoms with Gasteiger partial charge in [-0.3, -0.25) is 23.7 Å². The third-order valence-electron chi connectivity index (χ3n) is 12.5. The number of nitrogens with zero attached hydrogens (tertiary/aromatic N) is 3. The molecular formula is C48H48N4O5S3. The number of fused-ring (bicyclic) bond motifs is 3. The Kier molecular flexibility index (Phi) is 11.2. The summed E-state index contributed by atoms with van der Waals surface area (Å²) in [5.41, 5.74) is 6.19. The minimum absolute atomic E-state index is 0.281. The number of amides is 2. The van der Waals surface area contributed by atoms with Crippen molar-refractivity contribution in [2.24, 2.45) is 5.41 Å². The molecule has 2 fully saturated rings. The summed E-state index contributed by atoms with van der Waals surface area (Å²) in [6, 6.07) is 36.4. The molecule has 2 amide bonds. The second kappa shape index (κ2) is 16.3. The molecule has 5 aromatic rings. The summed E-state index contributed by atoms with van der Waals surface area (Å²) in [6.45, 7) is 6.00. The molecule has 1 aliphatic carbocycles. The van der Waals surface area contributed by atoms with Crippen molar-refractivity contribution in [1.82, 2.24) is 14.8 Å². The molecule has 4 aromatic carbocycles. The number of hydrogen-bond acceptors (Lipinski definition) is 8. The molecule has 8 rings (SSSR count). The predicted octanol–water partition coefficient (Wildman–Crippen LogP) is 7.65. The molecule has 3 atom stereocenters. The lowest BCUT2D eigenvalue weighted by Crippen LogP contribution is -2.58. The number of carbonyl (C=O) groups excluding carboxylic acids is 2. The van der Waals surface area contributed by atoms with Gasteiger partial charge in [0.05, 0.1) is 15.5 Å². The maximum Gasteiger partial charge on any atom is 0.311 e. The maximum absolute atomic E-state index is 14.2. The molecule has 1 saturated heterocycles. The number of aliphatic carboxylic acids is 1. The Morgan fingerprint density at radius 1 is 0.883 bits per heavy atom. The average molecular weight is 857 g/mol. The van der Waals surface area contributed by atoms with Gasteiger partial charge < -0.3 is 20.2 Å². The molecule has 308 valence electrons. The zero-order chi connectivity index (χ0) is 42.5. The van der Waals surface area contributed by atoms with E-state index >= 15 is 0 Å². The molecule has 3 aliphatic rings. The van der Waals surface area contributed by atoms with Crippen LogP contribution in [0.15, 0.2) is 108 Å². The molecule has 2 N–H and O–H groups in total. The van der Waals surface area contributed by atoms with Crippen LogP contribution >= 0.6 is 35.7 Å². The van der Waals surface area contributed by atoms with Crippen molar-refractivity contribution in [2.75, 3.05) is 11.9 Å². The molecule has 1 aromatic heterocycles. The number of anilines is 2. The van der Waals surface area contributed by atoms with Gasteiger partial charge in [-0.15, -0.1) is 24.0 Å². The highest BCUT2D eigenvalue weighted by molar-refractivity contribution is 8.18. The highest BCUT2D eigenvalue weighted by Gasteiger charge is 2.45. The van der Waals surface area contributed by atoms with Crippen LogP contribution in [0.5, 0.6) is 0 Å². The summed E-state index contributed by atoms with van der Waals surface area (Å²) < 4.78 is 1.65. The number of thioether (sulfide) groups is 1. The van der Waals surface area contributed by atoms with E-state index in [1.54, 1.807) is 34.7 Å². The minimum atomic E-state index is -1.30. The van der Waals surface area contributed by atoms with E-state index in [4.69, 9.17) is 0 Å². The number of nitrogens with one attached hydrogen (secondary N) is 1. The summed E-state index contributed by atoms with van der Waals surface area (Å²) in [6.07, 6.45) is 7.38. The van der Waals surface area contributed by atoms with E-state index in [1.165, 1.54) is 43.8 Å². The number of rotatable bonds is 10. The zero-order valence-electron chi connectivity index (χ0n) is 34.2. The largest absolute Gasteiger partial charge is 0.481 e. The number of carbonyl (C=O) groups is 3. The molecule has 60 heavy (non-hydrogen) atoms. The van der Waals surface area contributed by atoms with E-state index in [2.05, 4.69) is 114 Å². The first-order valence-corrected chi connectivity index (χ1v) is 22.3. The van der Waals surface area contributed by atoms with Gasteiger partial charge in [-0.05, 0) is 110 Å². The van der Waals surface area contributed by atoms with Crippen LogP contribution in [0.1, 0.15) is 80.7 Å². The fourth-order valence-corrected chi connectivity index (χ4v) is 11.0. The van der Waals surface area contributed by atoms with Crippen LogP contribution in [0, 0.1) is 5.41 Å². The second-order valence-electron chi connectivity index (χ2n) is 16.8. The van der Waals surface area contributed by atoms with Crippen molar-refractivity contribution in [1.29, 1.82) is 0 Å². The van der Waals surface area contributed by atoms with Crippen LogP contribution in [0.2, 0.25) is 0 Å². The Morgan fingerprint density at radius 2 is 1.52 bits per heavy atom. The zero-order valence-corrected chi connectivity index (χ0v) is 36.7. The SMILES string of the molecule is CN1C(=O)/C(=c2\s/c(=C/c3ccc4c(c3)C3CCCC3N4c3ccc(C=C(c4ccccc4)c4ccccc4)cc3)c(=O)n2CC(=O)NC(C)(C)C(C)(C)C(=O)O)SC1S. The molecule has 9 nitrogen and oxygen atoms in total. The van der Waals surface area contributed by atoms with E-state index in [1.807, 2.05) is 24.3 Å². The van der Waals surface area contributed by atoms with Crippen LogP contribution in [0.3, 0.4) is 0 Å². The molecule has 0 spiro atoms. The summed E-state index contributed by atoms with van der Waals surface area (Å²) in [4.78, 5) is 57.5. The van der Waals surface area contributed by atoms with E-state index in [0.717, 1.165) is 52.8 Å². The Bertz CT molecular complexity index is 2660. The van der Waals surface area contributed by atoms with Crippen molar-refractivity contribution < 1.29 is 19.5 Å². The first kappa shape index (κ1) is 41.4. The van der Waals surface area contributed by atoms with Gasteiger partial charge in [0.1, 0.15) is 20.8 Å². The third kappa shape index (κ3) is 7.65. The maximum atomic E-state index is 14.2. The van der Waals surface area contributed by atoms with Gasteiger partial charge in [-0.1, -0.05) is 97.0 Å². The Hall–Kier alpha value is -5.30. The number of benzene rings is 4. The predicted molar refractivity (Wildman–Crippen MR) is 247 cm³/mol. The van der Waals surface area contributed by atoms with Crippen molar-refractivity contribution in [3.05, 3.63) is 150 Å². The van der Waals surface area contributed by atoms with Gasteiger partial charge in [0.15, 0.2) is 0 Å². The van der Waals surface area contributed by atoms with Crippen molar-refractivity contribution in [2.45, 2.75) is 75.7 Å². The molecular weight excluding hydrogens is 809 g/mol. The molecule has 12 heteroatoms. The van der Waals surface area contributed by atoms with Crippen molar-refractivity contribution >= 4 is 87.5 Å². The fourth-order valence-electron chi connectivity index (χ4n) is 8.34. The van der Waals surface area contributed by atoms with Crippen LogP contribution < -0.4 is 25.0 Å². The average Bonchev–Trinajstić information content (AvgIpc) is 3.97. The summed E-state index contributed by atoms with van der Waals surface area (Å²) in [5.74, 6) is -1.53. The highest BCUT2D eigenvalue weighted by Crippen LogP contribution is 2.52. The lowest BCUT2D eigenvalue weighted by atomic mass is 9.74. The number of carboxylic acids is 1. The second-order valence-corrected chi connectivity index (χ2v) is 19.7. The number of aromatic nitrogens is 1. The van der Waals surface area contributed by atoms with Gasteiger partial charge in [0.25, 0.3) is 11.5 Å². The number of thiol groups is 1. The summed E-state index contributed by atoms with van der Waals surface area (Å²) >= 11 is 6.94. The molecule has 0 radical (unpaired) electrons. The van der Waals surface area contributed by atoms with Gasteiger partial charge in [-0.2, -0.15) is 0 Å². The molecule has 2 aliphatic heterocycles.